The number of hydrogen-bond donors (Lipinski definition) is 2. The van der Waals surface area contributed by atoms with E-state index in [0.717, 1.165) is 18.6 Å². The molecule has 0 aromatic heterocycles. The minimum atomic E-state index is -0.501. The number of methoxy groups -OCH3 is 1. The van der Waals surface area contributed by atoms with E-state index < -0.39 is 5.25 Å². The molecule has 1 aromatic carbocycles. The normalized spacial score (nSPS) is 19.0. The number of carbonyl (C=O) groups is 2. The average Bonchev–Trinajstić information content (AvgIpc) is 2.93. The van der Waals surface area contributed by atoms with Crippen LogP contribution in [0.2, 0.25) is 0 Å². The minimum absolute atomic E-state index is 0.0687. The molecule has 1 aromatic rings. The average molecular weight is 362 g/mol. The maximum Gasteiger partial charge on any atom is 0.240 e. The highest BCUT2D eigenvalue weighted by atomic mass is 32.2. The summed E-state index contributed by atoms with van der Waals surface area (Å²) in [6.45, 7) is 3.96. The lowest BCUT2D eigenvalue weighted by molar-refractivity contribution is -0.122. The molecule has 2 amide bonds. The Morgan fingerprint density at radius 2 is 2.08 bits per heavy atom. The van der Waals surface area contributed by atoms with Crippen molar-refractivity contribution in [2.45, 2.75) is 38.4 Å². The molecule has 0 spiro atoms. The molecule has 8 heteroatoms. The van der Waals surface area contributed by atoms with Gasteiger partial charge in [0.1, 0.15) is 11.0 Å². The molecular formula is C17H22N4O3S. The summed E-state index contributed by atoms with van der Waals surface area (Å²) in [5.74, 6) is 0.255. The van der Waals surface area contributed by atoms with Gasteiger partial charge < -0.3 is 15.4 Å². The van der Waals surface area contributed by atoms with Crippen molar-refractivity contribution in [3.63, 3.8) is 0 Å². The first-order chi connectivity index (χ1) is 12.0. The molecule has 0 radical (unpaired) electrons. The fraction of sp³-hybridized carbons (Fsp3) is 0.412. The van der Waals surface area contributed by atoms with Crippen LogP contribution >= 0.6 is 11.8 Å². The molecule has 2 N–H and O–H groups in total. The van der Waals surface area contributed by atoms with E-state index in [1.807, 2.05) is 6.92 Å². The van der Waals surface area contributed by atoms with Gasteiger partial charge in [-0.25, -0.2) is 0 Å². The third kappa shape index (κ3) is 5.90. The summed E-state index contributed by atoms with van der Waals surface area (Å²) in [5.41, 5.74) is 1.56. The number of rotatable bonds is 7. The number of nitrogens with one attached hydrogen (secondary N) is 2. The van der Waals surface area contributed by atoms with Crippen molar-refractivity contribution in [1.29, 1.82) is 0 Å². The molecule has 1 aliphatic heterocycles. The number of carbonyl (C=O) groups excluding carboxylic acids is 2. The van der Waals surface area contributed by atoms with Gasteiger partial charge in [0.05, 0.1) is 7.11 Å². The Bertz CT molecular complexity index is 686. The molecule has 1 fully saturated rings. The molecule has 0 unspecified atom stereocenters. The van der Waals surface area contributed by atoms with Crippen LogP contribution in [0.1, 0.15) is 33.1 Å². The maximum atomic E-state index is 12.1. The van der Waals surface area contributed by atoms with E-state index in [0.29, 0.717) is 16.6 Å². The summed E-state index contributed by atoms with van der Waals surface area (Å²) >= 11 is 1.23. The van der Waals surface area contributed by atoms with Gasteiger partial charge in [-0.1, -0.05) is 25.1 Å². The quantitative estimate of drug-likeness (QED) is 0.576. The predicted octanol–water partition coefficient (Wildman–Crippen LogP) is 2.79. The first kappa shape index (κ1) is 19.0. The molecule has 1 aliphatic rings. The summed E-state index contributed by atoms with van der Waals surface area (Å²) in [6, 6.07) is 7.01. The van der Waals surface area contributed by atoms with Crippen LogP contribution in [0.25, 0.3) is 0 Å². The molecule has 7 nitrogen and oxygen atoms in total. The second kappa shape index (κ2) is 9.22. The molecule has 0 bridgehead atoms. The van der Waals surface area contributed by atoms with Gasteiger partial charge in [-0.15, -0.1) is 5.10 Å². The van der Waals surface area contributed by atoms with Crippen molar-refractivity contribution in [2.75, 3.05) is 12.4 Å². The number of hydrogen-bond acceptors (Lipinski definition) is 6. The Balaban J connectivity index is 1.89. The standard InChI is InChI=1S/C17H22N4O3S/c1-4-5-11(2)20-21-17-19-16(23)14(25-17)10-15(22)18-12-6-8-13(24-3)9-7-12/h6-9,14H,4-5,10H2,1-3H3,(H,18,22)(H,19,21,23)/b20-11-/t14-/m1/s1. The molecule has 2 rings (SSSR count). The van der Waals surface area contributed by atoms with Gasteiger partial charge in [0.15, 0.2) is 5.17 Å². The number of amides is 2. The Kier molecular flexibility index (Phi) is 7.00. The first-order valence-corrected chi connectivity index (χ1v) is 8.92. The molecule has 1 saturated heterocycles. The van der Waals surface area contributed by atoms with Gasteiger partial charge >= 0.3 is 0 Å². The Hall–Kier alpha value is -2.35. The van der Waals surface area contributed by atoms with Crippen molar-refractivity contribution in [1.82, 2.24) is 5.32 Å². The summed E-state index contributed by atoms with van der Waals surface area (Å²) in [4.78, 5) is 24.1. The smallest absolute Gasteiger partial charge is 0.240 e. The van der Waals surface area contributed by atoms with E-state index in [2.05, 4.69) is 27.8 Å². The van der Waals surface area contributed by atoms with Crippen LogP contribution in [0.3, 0.4) is 0 Å². The highest BCUT2D eigenvalue weighted by Gasteiger charge is 2.32. The molecular weight excluding hydrogens is 340 g/mol. The van der Waals surface area contributed by atoms with Gasteiger partial charge in [-0.3, -0.25) is 9.59 Å². The van der Waals surface area contributed by atoms with E-state index in [1.165, 1.54) is 11.8 Å². The SMILES string of the molecule is CCC/C(C)=N\N=C1/NC(=O)[C@@H](CC(=O)Nc2ccc(OC)cc2)S1. The molecule has 1 atom stereocenters. The van der Waals surface area contributed by atoms with Crippen LogP contribution in [-0.2, 0) is 9.59 Å². The number of ether oxygens (including phenoxy) is 1. The fourth-order valence-electron chi connectivity index (χ4n) is 2.18. The number of nitrogens with zero attached hydrogens (tertiary/aromatic N) is 2. The van der Waals surface area contributed by atoms with E-state index in [1.54, 1.807) is 31.4 Å². The van der Waals surface area contributed by atoms with Crippen LogP contribution in [-0.4, -0.2) is 35.1 Å². The first-order valence-electron chi connectivity index (χ1n) is 8.04. The zero-order chi connectivity index (χ0) is 18.2. The number of anilines is 1. The Morgan fingerprint density at radius 1 is 1.36 bits per heavy atom. The van der Waals surface area contributed by atoms with Crippen molar-refractivity contribution < 1.29 is 14.3 Å². The van der Waals surface area contributed by atoms with Crippen LogP contribution < -0.4 is 15.4 Å². The van der Waals surface area contributed by atoms with E-state index >= 15 is 0 Å². The van der Waals surface area contributed by atoms with Gasteiger partial charge in [0.25, 0.3) is 0 Å². The van der Waals surface area contributed by atoms with E-state index in [4.69, 9.17) is 4.74 Å². The lowest BCUT2D eigenvalue weighted by Crippen LogP contribution is -2.28. The van der Waals surface area contributed by atoms with Gasteiger partial charge in [0, 0.05) is 17.8 Å². The Morgan fingerprint density at radius 3 is 2.72 bits per heavy atom. The lowest BCUT2D eigenvalue weighted by Gasteiger charge is -2.08. The van der Waals surface area contributed by atoms with Crippen LogP contribution in [0.5, 0.6) is 5.75 Å². The van der Waals surface area contributed by atoms with Gasteiger partial charge in [-0.2, -0.15) is 5.10 Å². The zero-order valence-corrected chi connectivity index (χ0v) is 15.4. The summed E-state index contributed by atoms with van der Waals surface area (Å²) in [6.07, 6.45) is 1.93. The zero-order valence-electron chi connectivity index (χ0n) is 14.5. The largest absolute Gasteiger partial charge is 0.497 e. The molecule has 25 heavy (non-hydrogen) atoms. The van der Waals surface area contributed by atoms with Crippen molar-refractivity contribution in [2.24, 2.45) is 10.2 Å². The second-order valence-corrected chi connectivity index (χ2v) is 6.76. The van der Waals surface area contributed by atoms with Crippen molar-refractivity contribution in [3.05, 3.63) is 24.3 Å². The van der Waals surface area contributed by atoms with Gasteiger partial charge in [0.2, 0.25) is 11.8 Å². The van der Waals surface area contributed by atoms with E-state index in [9.17, 15) is 9.59 Å². The van der Waals surface area contributed by atoms with Crippen LogP contribution in [0.15, 0.2) is 34.5 Å². The van der Waals surface area contributed by atoms with Crippen molar-refractivity contribution >= 4 is 40.1 Å². The van der Waals surface area contributed by atoms with Gasteiger partial charge in [-0.05, 0) is 37.6 Å². The Labute approximate surface area is 151 Å². The van der Waals surface area contributed by atoms with Crippen molar-refractivity contribution in [3.8, 4) is 5.75 Å². The highest BCUT2D eigenvalue weighted by Crippen LogP contribution is 2.23. The molecule has 0 aliphatic carbocycles. The lowest BCUT2D eigenvalue weighted by atomic mass is 10.2. The minimum Gasteiger partial charge on any atom is -0.497 e. The predicted molar refractivity (Wildman–Crippen MR) is 101 cm³/mol. The van der Waals surface area contributed by atoms with Crippen LogP contribution in [0, 0.1) is 0 Å². The summed E-state index contributed by atoms with van der Waals surface area (Å²) in [5, 5.41) is 13.5. The molecule has 134 valence electrons. The molecule has 0 saturated carbocycles. The summed E-state index contributed by atoms with van der Waals surface area (Å²) in [7, 11) is 1.58. The highest BCUT2D eigenvalue weighted by molar-refractivity contribution is 8.15. The fourth-order valence-corrected chi connectivity index (χ4v) is 3.10. The third-order valence-electron chi connectivity index (χ3n) is 3.44. The molecule has 1 heterocycles. The monoisotopic (exact) mass is 362 g/mol. The third-order valence-corrected chi connectivity index (χ3v) is 4.52. The van der Waals surface area contributed by atoms with Crippen LogP contribution in [0.4, 0.5) is 5.69 Å². The number of amidine groups is 1. The summed E-state index contributed by atoms with van der Waals surface area (Å²) < 4.78 is 5.07. The second-order valence-electron chi connectivity index (χ2n) is 5.57. The number of benzene rings is 1. The number of thioether (sulfide) groups is 1. The topological polar surface area (TPSA) is 92.2 Å². The maximum absolute atomic E-state index is 12.1. The van der Waals surface area contributed by atoms with E-state index in [-0.39, 0.29) is 18.2 Å².